The van der Waals surface area contributed by atoms with Crippen LogP contribution in [0.25, 0.3) is 10.9 Å². The predicted octanol–water partition coefficient (Wildman–Crippen LogP) is 3.53. The summed E-state index contributed by atoms with van der Waals surface area (Å²) in [6, 6.07) is 10.7. The maximum absolute atomic E-state index is 9.00. The third kappa shape index (κ3) is 4.31. The van der Waals surface area contributed by atoms with E-state index in [1.807, 2.05) is 0 Å². The molecule has 0 saturated carbocycles. The van der Waals surface area contributed by atoms with E-state index in [4.69, 9.17) is 9.90 Å². The monoisotopic (exact) mass is 233 g/mol. The molecule has 3 heteroatoms. The standard InChI is InChI=1S/C12H15N.C2H4O2/c1-2-3-9-13-10-8-11-6-4-5-7-12(11)13;1-2(3)4/h4-8,10H,2-3,9H2,1H3;1H3,(H,3,4). The van der Waals surface area contributed by atoms with Gasteiger partial charge in [0, 0.05) is 25.2 Å². The average molecular weight is 233 g/mol. The number of unbranched alkanes of at least 4 members (excludes halogenated alkanes) is 1. The summed E-state index contributed by atoms with van der Waals surface area (Å²) in [7, 11) is 0. The highest BCUT2D eigenvalue weighted by Gasteiger charge is 1.97. The van der Waals surface area contributed by atoms with Gasteiger partial charge in [0.2, 0.25) is 0 Å². The first-order chi connectivity index (χ1) is 8.15. The second-order valence-electron chi connectivity index (χ2n) is 3.94. The molecule has 1 aromatic heterocycles. The summed E-state index contributed by atoms with van der Waals surface area (Å²) >= 11 is 0. The molecule has 92 valence electrons. The minimum atomic E-state index is -0.833. The van der Waals surface area contributed by atoms with Crippen molar-refractivity contribution in [2.75, 3.05) is 0 Å². The zero-order chi connectivity index (χ0) is 12.7. The maximum Gasteiger partial charge on any atom is 0.300 e. The van der Waals surface area contributed by atoms with E-state index < -0.39 is 5.97 Å². The van der Waals surface area contributed by atoms with E-state index in [1.54, 1.807) is 0 Å². The van der Waals surface area contributed by atoms with Gasteiger partial charge in [-0.1, -0.05) is 31.5 Å². The van der Waals surface area contributed by atoms with Crippen LogP contribution in [0.1, 0.15) is 26.7 Å². The first-order valence-electron chi connectivity index (χ1n) is 5.88. The lowest BCUT2D eigenvalue weighted by molar-refractivity contribution is -0.134. The van der Waals surface area contributed by atoms with Gasteiger partial charge in [0.15, 0.2) is 0 Å². The fourth-order valence-corrected chi connectivity index (χ4v) is 1.66. The number of carbonyl (C=O) groups is 1. The van der Waals surface area contributed by atoms with E-state index in [2.05, 4.69) is 48.0 Å². The molecule has 0 amide bonds. The van der Waals surface area contributed by atoms with Crippen LogP contribution in [0.4, 0.5) is 0 Å². The lowest BCUT2D eigenvalue weighted by Gasteiger charge is -2.02. The van der Waals surface area contributed by atoms with Crippen molar-refractivity contribution in [2.24, 2.45) is 0 Å². The van der Waals surface area contributed by atoms with Crippen molar-refractivity contribution in [1.82, 2.24) is 4.57 Å². The molecule has 0 radical (unpaired) electrons. The highest BCUT2D eigenvalue weighted by atomic mass is 16.4. The molecule has 1 aromatic carbocycles. The molecule has 0 spiro atoms. The third-order valence-corrected chi connectivity index (χ3v) is 2.43. The minimum Gasteiger partial charge on any atom is -0.481 e. The molecular weight excluding hydrogens is 214 g/mol. The fourth-order valence-electron chi connectivity index (χ4n) is 1.66. The molecule has 0 aliphatic heterocycles. The molecule has 0 saturated heterocycles. The molecule has 1 N–H and O–H groups in total. The molecule has 3 nitrogen and oxygen atoms in total. The quantitative estimate of drug-likeness (QED) is 0.881. The second-order valence-corrected chi connectivity index (χ2v) is 3.94. The number of nitrogens with zero attached hydrogens (tertiary/aromatic N) is 1. The number of benzene rings is 1. The average Bonchev–Trinajstić information content (AvgIpc) is 2.69. The first kappa shape index (κ1) is 13.3. The van der Waals surface area contributed by atoms with E-state index in [1.165, 1.54) is 23.7 Å². The number of fused-ring (bicyclic) bond motifs is 1. The topological polar surface area (TPSA) is 42.2 Å². The Labute approximate surface area is 102 Å². The zero-order valence-electron chi connectivity index (χ0n) is 10.4. The summed E-state index contributed by atoms with van der Waals surface area (Å²) in [5, 5.41) is 8.76. The van der Waals surface area contributed by atoms with Gasteiger partial charge in [-0.2, -0.15) is 0 Å². The van der Waals surface area contributed by atoms with Crippen LogP contribution in [0.15, 0.2) is 36.5 Å². The van der Waals surface area contributed by atoms with E-state index in [0.29, 0.717) is 0 Å². The summed E-state index contributed by atoms with van der Waals surface area (Å²) in [4.78, 5) is 9.00. The van der Waals surface area contributed by atoms with Gasteiger partial charge in [-0.25, -0.2) is 0 Å². The normalized spacial score (nSPS) is 9.76. The van der Waals surface area contributed by atoms with E-state index in [9.17, 15) is 0 Å². The molecule has 0 unspecified atom stereocenters. The minimum absolute atomic E-state index is 0.833. The SMILES string of the molecule is CC(=O)O.CCCCn1ccc2ccccc21. The van der Waals surface area contributed by atoms with E-state index in [0.717, 1.165) is 13.5 Å². The molecule has 17 heavy (non-hydrogen) atoms. The number of carboxylic acid groups (broad SMARTS) is 1. The number of aromatic nitrogens is 1. The largest absolute Gasteiger partial charge is 0.481 e. The van der Waals surface area contributed by atoms with Crippen molar-refractivity contribution < 1.29 is 9.90 Å². The van der Waals surface area contributed by atoms with Crippen LogP contribution < -0.4 is 0 Å². The number of para-hydroxylation sites is 1. The number of aryl methyl sites for hydroxylation is 1. The smallest absolute Gasteiger partial charge is 0.300 e. The van der Waals surface area contributed by atoms with Crippen LogP contribution in [-0.4, -0.2) is 15.6 Å². The van der Waals surface area contributed by atoms with Gasteiger partial charge in [-0.05, 0) is 23.9 Å². The van der Waals surface area contributed by atoms with Crippen molar-refractivity contribution in [2.45, 2.75) is 33.2 Å². The van der Waals surface area contributed by atoms with E-state index in [-0.39, 0.29) is 0 Å². The summed E-state index contributed by atoms with van der Waals surface area (Å²) in [6.45, 7) is 4.45. The summed E-state index contributed by atoms with van der Waals surface area (Å²) in [5.41, 5.74) is 1.36. The fraction of sp³-hybridized carbons (Fsp3) is 0.357. The van der Waals surface area contributed by atoms with Gasteiger partial charge in [0.05, 0.1) is 0 Å². The van der Waals surface area contributed by atoms with Gasteiger partial charge in [-0.3, -0.25) is 4.79 Å². The number of carboxylic acids is 1. The molecule has 1 heterocycles. The summed E-state index contributed by atoms with van der Waals surface area (Å²) in [5.74, 6) is -0.833. The van der Waals surface area contributed by atoms with Crippen LogP contribution in [-0.2, 0) is 11.3 Å². The number of hydrogen-bond donors (Lipinski definition) is 1. The molecule has 0 bridgehead atoms. The Bertz CT molecular complexity index is 470. The van der Waals surface area contributed by atoms with Crippen molar-refractivity contribution >= 4 is 16.9 Å². The third-order valence-electron chi connectivity index (χ3n) is 2.43. The lowest BCUT2D eigenvalue weighted by atomic mass is 10.2. The Balaban J connectivity index is 0.000000317. The Hall–Kier alpha value is -1.77. The van der Waals surface area contributed by atoms with Crippen LogP contribution in [0.3, 0.4) is 0 Å². The van der Waals surface area contributed by atoms with Gasteiger partial charge >= 0.3 is 0 Å². The number of aliphatic carboxylic acids is 1. The molecular formula is C14H19NO2. The van der Waals surface area contributed by atoms with Crippen molar-refractivity contribution in [3.05, 3.63) is 36.5 Å². The lowest BCUT2D eigenvalue weighted by Crippen LogP contribution is -1.94. The summed E-state index contributed by atoms with van der Waals surface area (Å²) < 4.78 is 2.33. The van der Waals surface area contributed by atoms with Crippen LogP contribution in [0.5, 0.6) is 0 Å². The highest BCUT2D eigenvalue weighted by Crippen LogP contribution is 2.15. The molecule has 0 fully saturated rings. The van der Waals surface area contributed by atoms with Crippen molar-refractivity contribution in [3.63, 3.8) is 0 Å². The van der Waals surface area contributed by atoms with Gasteiger partial charge in [0.1, 0.15) is 0 Å². The Morgan fingerprint density at radius 2 is 1.94 bits per heavy atom. The Morgan fingerprint density at radius 1 is 1.29 bits per heavy atom. The Kier molecular flexibility index (Phi) is 5.27. The number of rotatable bonds is 3. The van der Waals surface area contributed by atoms with Crippen LogP contribution in [0, 0.1) is 0 Å². The maximum atomic E-state index is 9.00. The molecule has 2 aromatic rings. The van der Waals surface area contributed by atoms with Gasteiger partial charge < -0.3 is 9.67 Å². The van der Waals surface area contributed by atoms with Gasteiger partial charge in [-0.15, -0.1) is 0 Å². The highest BCUT2D eigenvalue weighted by molar-refractivity contribution is 5.79. The summed E-state index contributed by atoms with van der Waals surface area (Å²) in [6.07, 6.45) is 4.70. The Morgan fingerprint density at radius 3 is 2.59 bits per heavy atom. The molecule has 0 atom stereocenters. The first-order valence-corrected chi connectivity index (χ1v) is 5.88. The number of hydrogen-bond acceptors (Lipinski definition) is 1. The van der Waals surface area contributed by atoms with E-state index >= 15 is 0 Å². The van der Waals surface area contributed by atoms with Crippen molar-refractivity contribution in [1.29, 1.82) is 0 Å². The second kappa shape index (κ2) is 6.74. The molecule has 2 rings (SSSR count). The molecule has 0 aliphatic rings. The van der Waals surface area contributed by atoms with Crippen LogP contribution in [0.2, 0.25) is 0 Å². The van der Waals surface area contributed by atoms with Crippen molar-refractivity contribution in [3.8, 4) is 0 Å². The van der Waals surface area contributed by atoms with Gasteiger partial charge in [0.25, 0.3) is 5.97 Å². The predicted molar refractivity (Wildman–Crippen MR) is 70.2 cm³/mol. The van der Waals surface area contributed by atoms with Crippen LogP contribution >= 0.6 is 0 Å². The zero-order valence-corrected chi connectivity index (χ0v) is 10.4. The molecule has 0 aliphatic carbocycles.